The third kappa shape index (κ3) is 3.59. The van der Waals surface area contributed by atoms with Crippen LogP contribution >= 0.6 is 0 Å². The fourth-order valence-corrected chi connectivity index (χ4v) is 2.04. The molecule has 2 rings (SSSR count). The second kappa shape index (κ2) is 7.67. The Kier molecular flexibility index (Phi) is 5.58. The minimum Gasteiger partial charge on any atom is -0.496 e. The predicted molar refractivity (Wildman–Crippen MR) is 79.3 cm³/mol. The number of aliphatic hydroxyl groups is 1. The van der Waals surface area contributed by atoms with Gasteiger partial charge in [-0.3, -0.25) is 0 Å². The second-order valence-electron chi connectivity index (χ2n) is 4.33. The zero-order valence-corrected chi connectivity index (χ0v) is 11.6. The minimum atomic E-state index is 0.0676. The molecule has 0 spiro atoms. The standard InChI is InChI=1S/C15H20N2O3/c1-19-14-5-2-4-13-12(14)6-8-17-15(13)16-7-3-10-20-11-9-18/h2,4-6,8,18H,3,7,9-11H2,1H3,(H,16,17). The Morgan fingerprint density at radius 1 is 1.20 bits per heavy atom. The molecule has 0 aliphatic rings. The highest BCUT2D eigenvalue weighted by Crippen LogP contribution is 2.28. The molecule has 1 heterocycles. The number of pyridine rings is 1. The first-order valence-electron chi connectivity index (χ1n) is 6.71. The van der Waals surface area contributed by atoms with Crippen LogP contribution in [0.1, 0.15) is 6.42 Å². The Labute approximate surface area is 118 Å². The van der Waals surface area contributed by atoms with Crippen LogP contribution in [0.15, 0.2) is 30.5 Å². The fourth-order valence-electron chi connectivity index (χ4n) is 2.04. The van der Waals surface area contributed by atoms with Gasteiger partial charge in [0.2, 0.25) is 0 Å². The summed E-state index contributed by atoms with van der Waals surface area (Å²) in [6.45, 7) is 1.86. The molecule has 2 N–H and O–H groups in total. The van der Waals surface area contributed by atoms with Gasteiger partial charge < -0.3 is 19.9 Å². The molecule has 0 saturated carbocycles. The van der Waals surface area contributed by atoms with Crippen LogP contribution in [-0.4, -0.2) is 43.6 Å². The Hall–Kier alpha value is -1.85. The van der Waals surface area contributed by atoms with Crippen molar-refractivity contribution in [3.05, 3.63) is 30.5 Å². The molecule has 0 radical (unpaired) electrons. The molecule has 108 valence electrons. The van der Waals surface area contributed by atoms with Crippen molar-refractivity contribution in [2.24, 2.45) is 0 Å². The van der Waals surface area contributed by atoms with Gasteiger partial charge in [0, 0.05) is 30.1 Å². The van der Waals surface area contributed by atoms with Gasteiger partial charge in [0.1, 0.15) is 11.6 Å². The van der Waals surface area contributed by atoms with Crippen molar-refractivity contribution in [1.29, 1.82) is 0 Å². The third-order valence-corrected chi connectivity index (χ3v) is 2.98. The molecular weight excluding hydrogens is 256 g/mol. The number of nitrogens with one attached hydrogen (secondary N) is 1. The highest BCUT2D eigenvalue weighted by atomic mass is 16.5. The van der Waals surface area contributed by atoms with Crippen molar-refractivity contribution in [2.45, 2.75) is 6.42 Å². The van der Waals surface area contributed by atoms with E-state index in [0.717, 1.165) is 35.3 Å². The van der Waals surface area contributed by atoms with Crippen LogP contribution < -0.4 is 10.1 Å². The van der Waals surface area contributed by atoms with E-state index in [2.05, 4.69) is 10.3 Å². The number of hydrogen-bond acceptors (Lipinski definition) is 5. The van der Waals surface area contributed by atoms with Crippen molar-refractivity contribution in [3.8, 4) is 5.75 Å². The largest absolute Gasteiger partial charge is 0.496 e. The maximum atomic E-state index is 8.61. The quantitative estimate of drug-likeness (QED) is 0.723. The summed E-state index contributed by atoms with van der Waals surface area (Å²) >= 11 is 0. The molecule has 1 aromatic heterocycles. The Morgan fingerprint density at radius 2 is 2.10 bits per heavy atom. The van der Waals surface area contributed by atoms with Crippen LogP contribution in [-0.2, 0) is 4.74 Å². The SMILES string of the molecule is COc1cccc2c(NCCCOCCO)nccc12. The number of rotatable bonds is 8. The number of aromatic nitrogens is 1. The fraction of sp³-hybridized carbons (Fsp3) is 0.400. The minimum absolute atomic E-state index is 0.0676. The highest BCUT2D eigenvalue weighted by Gasteiger charge is 2.05. The molecule has 5 heteroatoms. The molecular formula is C15H20N2O3. The molecule has 0 saturated heterocycles. The number of fused-ring (bicyclic) bond motifs is 1. The molecule has 0 unspecified atom stereocenters. The van der Waals surface area contributed by atoms with Crippen LogP contribution in [0.3, 0.4) is 0 Å². The molecule has 2 aromatic rings. The van der Waals surface area contributed by atoms with Gasteiger partial charge in [-0.25, -0.2) is 4.98 Å². The van der Waals surface area contributed by atoms with Crippen LogP contribution in [0.2, 0.25) is 0 Å². The van der Waals surface area contributed by atoms with E-state index in [1.54, 1.807) is 13.3 Å². The van der Waals surface area contributed by atoms with E-state index in [4.69, 9.17) is 14.6 Å². The van der Waals surface area contributed by atoms with E-state index in [-0.39, 0.29) is 6.61 Å². The molecule has 0 fully saturated rings. The monoisotopic (exact) mass is 276 g/mol. The van der Waals surface area contributed by atoms with Gasteiger partial charge in [0.25, 0.3) is 0 Å². The number of methoxy groups -OCH3 is 1. The van der Waals surface area contributed by atoms with Gasteiger partial charge in [0.05, 0.1) is 20.3 Å². The second-order valence-corrected chi connectivity index (χ2v) is 4.33. The lowest BCUT2D eigenvalue weighted by molar-refractivity contribution is 0.0922. The topological polar surface area (TPSA) is 63.6 Å². The van der Waals surface area contributed by atoms with E-state index in [9.17, 15) is 0 Å². The van der Waals surface area contributed by atoms with E-state index >= 15 is 0 Å². The molecule has 0 aliphatic carbocycles. The lowest BCUT2D eigenvalue weighted by Gasteiger charge is -2.10. The normalized spacial score (nSPS) is 10.7. The first-order valence-corrected chi connectivity index (χ1v) is 6.71. The molecule has 20 heavy (non-hydrogen) atoms. The maximum Gasteiger partial charge on any atom is 0.133 e. The summed E-state index contributed by atoms with van der Waals surface area (Å²) in [4.78, 5) is 4.37. The Morgan fingerprint density at radius 3 is 2.90 bits per heavy atom. The number of aliphatic hydroxyl groups excluding tert-OH is 1. The summed E-state index contributed by atoms with van der Waals surface area (Å²) in [7, 11) is 1.67. The number of ether oxygens (including phenoxy) is 2. The summed E-state index contributed by atoms with van der Waals surface area (Å²) in [5, 5.41) is 14.0. The Balaban J connectivity index is 2.00. The molecule has 0 atom stereocenters. The zero-order chi connectivity index (χ0) is 14.2. The van der Waals surface area contributed by atoms with Gasteiger partial charge in [-0.1, -0.05) is 12.1 Å². The van der Waals surface area contributed by atoms with E-state index in [0.29, 0.717) is 13.2 Å². The van der Waals surface area contributed by atoms with Crippen LogP contribution in [0.4, 0.5) is 5.82 Å². The van der Waals surface area contributed by atoms with Gasteiger partial charge in [0.15, 0.2) is 0 Å². The van der Waals surface area contributed by atoms with Crippen LogP contribution in [0, 0.1) is 0 Å². The third-order valence-electron chi connectivity index (χ3n) is 2.98. The molecule has 0 amide bonds. The summed E-state index contributed by atoms with van der Waals surface area (Å²) in [5.74, 6) is 1.70. The summed E-state index contributed by atoms with van der Waals surface area (Å²) in [6, 6.07) is 7.87. The van der Waals surface area contributed by atoms with Gasteiger partial charge >= 0.3 is 0 Å². The lowest BCUT2D eigenvalue weighted by atomic mass is 10.1. The van der Waals surface area contributed by atoms with E-state index in [1.165, 1.54) is 0 Å². The van der Waals surface area contributed by atoms with Gasteiger partial charge in [-0.05, 0) is 18.6 Å². The zero-order valence-electron chi connectivity index (χ0n) is 11.6. The summed E-state index contributed by atoms with van der Waals surface area (Å²) in [5.41, 5.74) is 0. The maximum absolute atomic E-state index is 8.61. The van der Waals surface area contributed by atoms with Gasteiger partial charge in [-0.2, -0.15) is 0 Å². The summed E-state index contributed by atoms with van der Waals surface area (Å²) < 4.78 is 10.6. The number of hydrogen-bond donors (Lipinski definition) is 2. The van der Waals surface area contributed by atoms with Gasteiger partial charge in [-0.15, -0.1) is 0 Å². The van der Waals surface area contributed by atoms with Crippen molar-refractivity contribution < 1.29 is 14.6 Å². The first kappa shape index (κ1) is 14.6. The molecule has 5 nitrogen and oxygen atoms in total. The molecule has 0 aliphatic heterocycles. The molecule has 0 bridgehead atoms. The summed E-state index contributed by atoms with van der Waals surface area (Å²) in [6.07, 6.45) is 2.64. The van der Waals surface area contributed by atoms with Crippen molar-refractivity contribution in [3.63, 3.8) is 0 Å². The lowest BCUT2D eigenvalue weighted by Crippen LogP contribution is -2.08. The number of benzene rings is 1. The van der Waals surface area contributed by atoms with Crippen molar-refractivity contribution in [1.82, 2.24) is 4.98 Å². The van der Waals surface area contributed by atoms with Crippen LogP contribution in [0.5, 0.6) is 5.75 Å². The van der Waals surface area contributed by atoms with E-state index in [1.807, 2.05) is 24.3 Å². The average Bonchev–Trinajstić information content (AvgIpc) is 2.50. The Bertz CT molecular complexity index is 546. The van der Waals surface area contributed by atoms with Crippen LogP contribution in [0.25, 0.3) is 10.8 Å². The smallest absolute Gasteiger partial charge is 0.133 e. The van der Waals surface area contributed by atoms with E-state index < -0.39 is 0 Å². The van der Waals surface area contributed by atoms with Crippen molar-refractivity contribution in [2.75, 3.05) is 38.8 Å². The molecule has 1 aromatic carbocycles. The number of nitrogens with zero attached hydrogens (tertiary/aromatic N) is 1. The average molecular weight is 276 g/mol. The number of anilines is 1. The predicted octanol–water partition coefficient (Wildman–Crippen LogP) is 2.05. The highest BCUT2D eigenvalue weighted by molar-refractivity contribution is 5.95. The first-order chi connectivity index (χ1) is 9.86. The van der Waals surface area contributed by atoms with Crippen molar-refractivity contribution >= 4 is 16.6 Å².